The van der Waals surface area contributed by atoms with Crippen LogP contribution in [-0.4, -0.2) is 32.1 Å². The lowest BCUT2D eigenvalue weighted by molar-refractivity contribution is -0.147. The Morgan fingerprint density at radius 1 is 1.50 bits per heavy atom. The molecule has 2 rings (SSSR count). The summed E-state index contributed by atoms with van der Waals surface area (Å²) in [4.78, 5) is 25.4. The number of nitrogen functional groups attached to an aromatic ring is 1. The zero-order chi connectivity index (χ0) is 14.7. The number of hydrogen-bond acceptors (Lipinski definition) is 5. The molecule has 1 amide bonds. The number of rotatable bonds is 4. The van der Waals surface area contributed by atoms with Crippen LogP contribution < -0.4 is 15.4 Å². The first-order valence-electron chi connectivity index (χ1n) is 6.47. The van der Waals surface area contributed by atoms with Crippen LogP contribution in [-0.2, 0) is 14.3 Å². The molecule has 0 aliphatic carbocycles. The fourth-order valence-corrected chi connectivity index (χ4v) is 2.28. The van der Waals surface area contributed by atoms with Crippen molar-refractivity contribution in [1.29, 1.82) is 0 Å². The van der Waals surface area contributed by atoms with Gasteiger partial charge in [-0.15, -0.1) is 0 Å². The molecule has 0 radical (unpaired) electrons. The summed E-state index contributed by atoms with van der Waals surface area (Å²) in [6.45, 7) is 2.34. The number of nitrogens with two attached hydrogens (primary N) is 1. The van der Waals surface area contributed by atoms with Crippen LogP contribution in [0.3, 0.4) is 0 Å². The smallest absolute Gasteiger partial charge is 0.311 e. The van der Waals surface area contributed by atoms with E-state index in [1.165, 1.54) is 12.0 Å². The first kappa shape index (κ1) is 14.2. The first-order chi connectivity index (χ1) is 9.56. The van der Waals surface area contributed by atoms with Crippen molar-refractivity contribution in [3.05, 3.63) is 18.2 Å². The molecule has 1 fully saturated rings. The van der Waals surface area contributed by atoms with Gasteiger partial charge in [0.05, 0.1) is 25.3 Å². The minimum absolute atomic E-state index is 0.132. The number of amides is 1. The van der Waals surface area contributed by atoms with Gasteiger partial charge in [0.1, 0.15) is 5.75 Å². The fourth-order valence-electron chi connectivity index (χ4n) is 2.28. The average Bonchev–Trinajstić information content (AvgIpc) is 2.81. The van der Waals surface area contributed by atoms with E-state index in [1.807, 2.05) is 0 Å². The van der Waals surface area contributed by atoms with Crippen LogP contribution in [0.2, 0.25) is 0 Å². The minimum atomic E-state index is -0.436. The summed E-state index contributed by atoms with van der Waals surface area (Å²) in [5.74, 6) is -0.358. The highest BCUT2D eigenvalue weighted by molar-refractivity contribution is 6.00. The van der Waals surface area contributed by atoms with E-state index in [0.717, 1.165) is 0 Å². The van der Waals surface area contributed by atoms with Crippen molar-refractivity contribution in [2.45, 2.75) is 13.3 Å². The van der Waals surface area contributed by atoms with Crippen molar-refractivity contribution >= 4 is 23.3 Å². The Balaban J connectivity index is 2.24. The molecule has 0 spiro atoms. The Bertz CT molecular complexity index is 530. The molecule has 1 aliphatic heterocycles. The molecule has 0 unspecified atom stereocenters. The highest BCUT2D eigenvalue weighted by atomic mass is 16.5. The van der Waals surface area contributed by atoms with Gasteiger partial charge < -0.3 is 20.1 Å². The van der Waals surface area contributed by atoms with E-state index in [9.17, 15) is 9.59 Å². The normalized spacial score (nSPS) is 18.2. The number of hydrogen-bond donors (Lipinski definition) is 1. The summed E-state index contributed by atoms with van der Waals surface area (Å²) >= 11 is 0. The maximum Gasteiger partial charge on any atom is 0.311 e. The van der Waals surface area contributed by atoms with E-state index in [2.05, 4.69) is 0 Å². The van der Waals surface area contributed by atoms with Crippen LogP contribution in [0.25, 0.3) is 0 Å². The molecular weight excluding hydrogens is 260 g/mol. The van der Waals surface area contributed by atoms with Gasteiger partial charge >= 0.3 is 5.97 Å². The fraction of sp³-hybridized carbons (Fsp3) is 0.429. The Hall–Kier alpha value is -2.24. The Kier molecular flexibility index (Phi) is 4.12. The van der Waals surface area contributed by atoms with Gasteiger partial charge in [0.25, 0.3) is 0 Å². The summed E-state index contributed by atoms with van der Waals surface area (Å²) in [5, 5.41) is 0. The van der Waals surface area contributed by atoms with Crippen molar-refractivity contribution in [2.75, 3.05) is 30.9 Å². The second-order valence-corrected chi connectivity index (χ2v) is 4.59. The number of carbonyl (C=O) groups is 2. The van der Waals surface area contributed by atoms with Gasteiger partial charge in [-0.1, -0.05) is 0 Å². The summed E-state index contributed by atoms with van der Waals surface area (Å²) in [6.07, 6.45) is 0.150. The first-order valence-corrected chi connectivity index (χ1v) is 6.47. The molecule has 2 N–H and O–H groups in total. The lowest BCUT2D eigenvalue weighted by Crippen LogP contribution is -2.27. The second kappa shape index (κ2) is 5.81. The Morgan fingerprint density at radius 3 is 2.90 bits per heavy atom. The Labute approximate surface area is 117 Å². The second-order valence-electron chi connectivity index (χ2n) is 4.59. The Morgan fingerprint density at radius 2 is 2.25 bits per heavy atom. The van der Waals surface area contributed by atoms with E-state index >= 15 is 0 Å². The third-order valence-corrected chi connectivity index (χ3v) is 3.24. The molecule has 0 saturated carbocycles. The lowest BCUT2D eigenvalue weighted by atomic mass is 10.1. The number of anilines is 2. The third-order valence-electron chi connectivity index (χ3n) is 3.24. The summed E-state index contributed by atoms with van der Waals surface area (Å²) in [5.41, 5.74) is 6.87. The van der Waals surface area contributed by atoms with Crippen molar-refractivity contribution in [1.82, 2.24) is 0 Å². The zero-order valence-electron chi connectivity index (χ0n) is 11.6. The molecule has 0 bridgehead atoms. The number of benzene rings is 1. The zero-order valence-corrected chi connectivity index (χ0v) is 11.6. The molecule has 6 nitrogen and oxygen atoms in total. The van der Waals surface area contributed by atoms with E-state index in [1.54, 1.807) is 25.1 Å². The van der Waals surface area contributed by atoms with Crippen molar-refractivity contribution in [3.63, 3.8) is 0 Å². The van der Waals surface area contributed by atoms with Crippen molar-refractivity contribution in [2.24, 2.45) is 5.92 Å². The molecule has 6 heteroatoms. The van der Waals surface area contributed by atoms with E-state index in [-0.39, 0.29) is 24.8 Å². The van der Waals surface area contributed by atoms with Gasteiger partial charge in [-0.3, -0.25) is 9.59 Å². The van der Waals surface area contributed by atoms with Crippen LogP contribution in [0.5, 0.6) is 5.75 Å². The molecular formula is C14H18N2O4. The topological polar surface area (TPSA) is 81.9 Å². The van der Waals surface area contributed by atoms with Crippen LogP contribution in [0.1, 0.15) is 13.3 Å². The average molecular weight is 278 g/mol. The molecule has 1 aromatic rings. The van der Waals surface area contributed by atoms with Crippen molar-refractivity contribution in [3.8, 4) is 5.75 Å². The SMILES string of the molecule is CCOC(=O)[C@H]1CC(=O)N(c2cc(N)ccc2OC)C1. The summed E-state index contributed by atoms with van der Waals surface area (Å²) in [7, 11) is 1.53. The molecule has 20 heavy (non-hydrogen) atoms. The maximum absolute atomic E-state index is 12.1. The van der Waals surface area contributed by atoms with Gasteiger partial charge in [-0.05, 0) is 25.1 Å². The van der Waals surface area contributed by atoms with Crippen molar-refractivity contribution < 1.29 is 19.1 Å². The molecule has 1 aliphatic rings. The molecule has 1 aromatic carbocycles. The standard InChI is InChI=1S/C14H18N2O4/c1-3-20-14(18)9-6-13(17)16(8-9)11-7-10(15)4-5-12(11)19-2/h4-5,7,9H,3,6,8,15H2,1-2H3/t9-/m0/s1. The van der Waals surface area contributed by atoms with Gasteiger partial charge in [0, 0.05) is 18.7 Å². The highest BCUT2D eigenvalue weighted by Gasteiger charge is 2.37. The summed E-state index contributed by atoms with van der Waals surface area (Å²) < 4.78 is 10.2. The third kappa shape index (κ3) is 2.68. The monoisotopic (exact) mass is 278 g/mol. The van der Waals surface area contributed by atoms with Crippen LogP contribution >= 0.6 is 0 Å². The van der Waals surface area contributed by atoms with Crippen LogP contribution in [0.4, 0.5) is 11.4 Å². The summed E-state index contributed by atoms with van der Waals surface area (Å²) in [6, 6.07) is 5.08. The quantitative estimate of drug-likeness (QED) is 0.661. The number of methoxy groups -OCH3 is 1. The minimum Gasteiger partial charge on any atom is -0.495 e. The van der Waals surface area contributed by atoms with Crippen LogP contribution in [0, 0.1) is 5.92 Å². The van der Waals surface area contributed by atoms with Gasteiger partial charge in [0.2, 0.25) is 5.91 Å². The molecule has 1 heterocycles. The predicted octanol–water partition coefficient (Wildman–Crippen LogP) is 1.19. The van der Waals surface area contributed by atoms with E-state index in [4.69, 9.17) is 15.2 Å². The predicted molar refractivity (Wildman–Crippen MR) is 74.5 cm³/mol. The lowest BCUT2D eigenvalue weighted by Gasteiger charge is -2.19. The van der Waals surface area contributed by atoms with Crippen LogP contribution in [0.15, 0.2) is 18.2 Å². The molecule has 108 valence electrons. The molecule has 0 aromatic heterocycles. The largest absolute Gasteiger partial charge is 0.495 e. The number of esters is 1. The van der Waals surface area contributed by atoms with E-state index in [0.29, 0.717) is 23.7 Å². The number of ether oxygens (including phenoxy) is 2. The van der Waals surface area contributed by atoms with Gasteiger partial charge in [0.15, 0.2) is 0 Å². The highest BCUT2D eigenvalue weighted by Crippen LogP contribution is 2.34. The van der Waals surface area contributed by atoms with E-state index < -0.39 is 5.92 Å². The van der Waals surface area contributed by atoms with Gasteiger partial charge in [-0.25, -0.2) is 0 Å². The van der Waals surface area contributed by atoms with Gasteiger partial charge in [-0.2, -0.15) is 0 Å². The maximum atomic E-state index is 12.1. The number of carbonyl (C=O) groups excluding carboxylic acids is 2. The number of nitrogens with zero attached hydrogens (tertiary/aromatic N) is 1. The molecule has 1 atom stereocenters. The molecule has 1 saturated heterocycles.